The first-order valence-corrected chi connectivity index (χ1v) is 21.0. The maximum Gasteiger partial charge on any atom is 0.416 e. The van der Waals surface area contributed by atoms with Crippen molar-refractivity contribution in [3.63, 3.8) is 0 Å². The molecule has 77 heavy (non-hydrogen) atoms. The Bertz CT molecular complexity index is 2870. The average Bonchev–Trinajstić information content (AvgIpc) is 3.30. The zero-order valence-electron chi connectivity index (χ0n) is 37.4. The number of carbonyl (C=O) groups excluding carboxylic acids is 1. The standard InChI is InChI=1S/C32H12BF24.C17H13FNO/c34-25(35,36)13-1-14(26(37,38)39)6-21(5-13)33(22-7-15(27(40,41)42)2-16(8-22)28(43,44)45,23-9-17(29(46,47)48)3-18(10-23)30(49,50)51)24-11-19(31(52,53)54)4-20(12-24)32(55,56)57;18-17-15-9-5-4-6-13(15)10-11-19(17)12-16(20)14-7-2-1-3-8-14/h1-12H;1-11H,12H2/q-1;+1. The Morgan fingerprint density at radius 2 is 0.610 bits per heavy atom. The number of aromatic nitrogens is 1. The number of benzene rings is 6. The number of halogens is 25. The highest BCUT2D eigenvalue weighted by atomic mass is 19.4. The third kappa shape index (κ3) is 13.1. The van der Waals surface area contributed by atoms with Gasteiger partial charge in [-0.25, -0.2) is 0 Å². The van der Waals surface area contributed by atoms with Gasteiger partial charge in [-0.05, 0) is 35.7 Å². The van der Waals surface area contributed by atoms with Crippen LogP contribution in [0.5, 0.6) is 0 Å². The van der Waals surface area contributed by atoms with Crippen LogP contribution in [0.3, 0.4) is 0 Å². The van der Waals surface area contributed by atoms with E-state index in [0.29, 0.717) is 10.9 Å². The van der Waals surface area contributed by atoms with Crippen molar-refractivity contribution in [1.29, 1.82) is 0 Å². The number of ketones is 1. The highest BCUT2D eigenvalue weighted by Gasteiger charge is 2.47. The van der Waals surface area contributed by atoms with Crippen molar-refractivity contribution in [3.8, 4) is 0 Å². The van der Waals surface area contributed by atoms with Gasteiger partial charge in [-0.1, -0.05) is 97.1 Å². The molecule has 0 amide bonds. The van der Waals surface area contributed by atoms with E-state index in [1.165, 1.54) is 4.57 Å². The summed E-state index contributed by atoms with van der Waals surface area (Å²) in [6.45, 7) is 0.000676. The smallest absolute Gasteiger partial charge is 0.287 e. The lowest BCUT2D eigenvalue weighted by Gasteiger charge is -2.46. The monoisotopic (exact) mass is 1130 g/mol. The third-order valence-electron chi connectivity index (χ3n) is 11.7. The topological polar surface area (TPSA) is 20.9 Å². The summed E-state index contributed by atoms with van der Waals surface area (Å²) in [6, 6.07) is 9.14. The number of pyridine rings is 1. The molecule has 0 aliphatic heterocycles. The number of Topliss-reactive ketones (excluding diaryl/α,β-unsaturated/α-hetero) is 1. The number of nitrogens with zero attached hydrogens (tertiary/aromatic N) is 1. The van der Waals surface area contributed by atoms with Crippen LogP contribution in [-0.4, -0.2) is 11.9 Å². The van der Waals surface area contributed by atoms with Crippen LogP contribution in [0, 0.1) is 5.95 Å². The largest absolute Gasteiger partial charge is 0.416 e. The highest BCUT2D eigenvalue weighted by Crippen LogP contribution is 2.41. The molecule has 0 aliphatic carbocycles. The van der Waals surface area contributed by atoms with Crippen molar-refractivity contribution in [2.24, 2.45) is 0 Å². The molecule has 6 aromatic carbocycles. The second-order valence-corrected chi connectivity index (χ2v) is 16.8. The van der Waals surface area contributed by atoms with Gasteiger partial charge in [0.2, 0.25) is 12.3 Å². The molecule has 7 rings (SSSR count). The average molecular weight is 1130 g/mol. The summed E-state index contributed by atoms with van der Waals surface area (Å²) < 4.78 is 357. The summed E-state index contributed by atoms with van der Waals surface area (Å²) in [7, 11) is 0. The van der Waals surface area contributed by atoms with E-state index in [-0.39, 0.29) is 18.3 Å². The fourth-order valence-electron chi connectivity index (χ4n) is 8.28. The van der Waals surface area contributed by atoms with Crippen molar-refractivity contribution >= 4 is 44.6 Å². The van der Waals surface area contributed by atoms with Gasteiger partial charge in [-0.3, -0.25) is 4.79 Å². The molecule has 0 N–H and O–H groups in total. The molecule has 0 spiro atoms. The molecule has 0 saturated carbocycles. The van der Waals surface area contributed by atoms with Gasteiger partial charge in [-0.2, -0.15) is 132 Å². The fourth-order valence-corrected chi connectivity index (χ4v) is 8.28. The summed E-state index contributed by atoms with van der Waals surface area (Å²) in [5.74, 6) is -0.489. The number of hydrogen-bond donors (Lipinski definition) is 0. The van der Waals surface area contributed by atoms with E-state index in [9.17, 15) is 115 Å². The number of hydrogen-bond acceptors (Lipinski definition) is 1. The van der Waals surface area contributed by atoms with Crippen LogP contribution in [0.4, 0.5) is 110 Å². The van der Waals surface area contributed by atoms with Crippen LogP contribution in [-0.2, 0) is 56.0 Å². The van der Waals surface area contributed by atoms with E-state index >= 15 is 0 Å². The molecule has 1 heterocycles. The Morgan fingerprint density at radius 3 is 0.883 bits per heavy atom. The van der Waals surface area contributed by atoms with Crippen molar-refractivity contribution in [1.82, 2.24) is 0 Å². The molecular formula is C49H25BF25NO. The first-order chi connectivity index (χ1) is 35.0. The lowest BCUT2D eigenvalue weighted by Crippen LogP contribution is -2.75. The molecule has 0 unspecified atom stereocenters. The lowest BCUT2D eigenvalue weighted by molar-refractivity contribution is -0.709. The van der Waals surface area contributed by atoms with E-state index in [1.54, 1.807) is 42.6 Å². The predicted octanol–water partition coefficient (Wildman–Crippen LogP) is 14.4. The molecule has 1 aromatic heterocycles. The first-order valence-electron chi connectivity index (χ1n) is 21.0. The highest BCUT2D eigenvalue weighted by molar-refractivity contribution is 7.20. The van der Waals surface area contributed by atoms with Crippen LogP contribution in [0.25, 0.3) is 10.8 Å². The van der Waals surface area contributed by atoms with Crippen LogP contribution < -0.4 is 26.4 Å². The maximum atomic E-state index is 14.4. The molecule has 0 atom stereocenters. The minimum absolute atomic E-state index is 0.000676. The molecule has 0 aliphatic rings. The predicted molar refractivity (Wildman–Crippen MR) is 225 cm³/mol. The number of carbonyl (C=O) groups is 1. The molecular weight excluding hydrogens is 1100 g/mol. The first kappa shape index (κ1) is 59.0. The van der Waals surface area contributed by atoms with Crippen molar-refractivity contribution in [2.45, 2.75) is 56.0 Å². The minimum Gasteiger partial charge on any atom is -0.287 e. The Morgan fingerprint density at radius 1 is 0.351 bits per heavy atom. The van der Waals surface area contributed by atoms with E-state index in [2.05, 4.69) is 0 Å². The van der Waals surface area contributed by atoms with E-state index in [4.69, 9.17) is 0 Å². The second-order valence-electron chi connectivity index (χ2n) is 16.8. The van der Waals surface area contributed by atoms with E-state index in [0.717, 1.165) is 5.39 Å². The lowest BCUT2D eigenvalue weighted by atomic mass is 9.12. The Kier molecular flexibility index (Phi) is 15.5. The summed E-state index contributed by atoms with van der Waals surface area (Å²) in [6.07, 6.45) is -53.2. The Balaban J connectivity index is 0.000000397. The number of rotatable bonds is 7. The zero-order valence-corrected chi connectivity index (χ0v) is 37.4. The summed E-state index contributed by atoms with van der Waals surface area (Å²) in [5, 5.41) is 1.35. The summed E-state index contributed by atoms with van der Waals surface area (Å²) >= 11 is 0. The normalized spacial score (nSPS) is 13.4. The summed E-state index contributed by atoms with van der Waals surface area (Å²) in [4.78, 5) is 12.1. The zero-order chi connectivity index (χ0) is 57.9. The van der Waals surface area contributed by atoms with Gasteiger partial charge in [-0.15, -0.1) is 4.39 Å². The van der Waals surface area contributed by atoms with E-state index < -0.39 is 195 Å². The van der Waals surface area contributed by atoms with Crippen molar-refractivity contribution in [3.05, 3.63) is 196 Å². The Labute approximate surface area is 414 Å². The van der Waals surface area contributed by atoms with Gasteiger partial charge >= 0.3 is 55.4 Å². The van der Waals surface area contributed by atoms with Gasteiger partial charge in [0.1, 0.15) is 6.15 Å². The molecule has 0 bridgehead atoms. The van der Waals surface area contributed by atoms with Gasteiger partial charge in [0.15, 0.2) is 6.20 Å². The van der Waals surface area contributed by atoms with Gasteiger partial charge < -0.3 is 0 Å². The van der Waals surface area contributed by atoms with Gasteiger partial charge in [0, 0.05) is 11.6 Å². The van der Waals surface area contributed by atoms with Crippen LogP contribution in [0.2, 0.25) is 0 Å². The molecule has 0 radical (unpaired) electrons. The maximum absolute atomic E-state index is 14.4. The quantitative estimate of drug-likeness (QED) is 0.0512. The van der Waals surface area contributed by atoms with Gasteiger partial charge in [0.25, 0.3) is 0 Å². The molecule has 28 heteroatoms. The molecule has 0 fully saturated rings. The van der Waals surface area contributed by atoms with Crippen molar-refractivity contribution < 1.29 is 119 Å². The SMILES string of the molecule is FC(F)(F)c1cc([B-](c2cc(C(F)(F)F)cc(C(F)(F)F)c2)(c2cc(C(F)(F)F)cc(C(F)(F)F)c2)c2cc(C(F)(F)F)cc(C(F)(F)F)c2)cc(C(F)(F)F)c1.O=C(C[n+]1ccc2ccccc2c1F)c1ccccc1. The van der Waals surface area contributed by atoms with Crippen molar-refractivity contribution in [2.75, 3.05) is 0 Å². The van der Waals surface area contributed by atoms with Crippen LogP contribution >= 0.6 is 0 Å². The fraction of sp³-hybridized carbons (Fsp3) is 0.184. The molecule has 7 aromatic rings. The molecule has 2 nitrogen and oxygen atoms in total. The van der Waals surface area contributed by atoms with E-state index in [1.807, 2.05) is 24.3 Å². The van der Waals surface area contributed by atoms with Crippen LogP contribution in [0.1, 0.15) is 54.9 Å². The second kappa shape index (κ2) is 20.3. The number of alkyl halides is 24. The molecule has 0 saturated heterocycles. The van der Waals surface area contributed by atoms with Gasteiger partial charge in [0.05, 0.1) is 49.9 Å². The Hall–Kier alpha value is -7.29. The number of fused-ring (bicyclic) bond motifs is 1. The summed E-state index contributed by atoms with van der Waals surface area (Å²) in [5.41, 5.74) is -29.6. The molecule has 410 valence electrons. The third-order valence-corrected chi connectivity index (χ3v) is 11.7. The minimum atomic E-state index is -6.13. The van der Waals surface area contributed by atoms with Crippen LogP contribution in [0.15, 0.2) is 140 Å².